The largest absolute Gasteiger partial charge is 0.369 e. The Hall–Kier alpha value is -5.48. The second-order valence-electron chi connectivity index (χ2n) is 13.2. The van der Waals surface area contributed by atoms with E-state index >= 15 is 0 Å². The molecule has 0 aromatic heterocycles. The SMILES string of the molecule is O=C1CCC(N2C(=O)c3cccc(NC(=O)C4CCC(C(=O)Nc5cccc6c5C(O)N(C5CCC(=O)NC5=O)C6=O)CC4)c3C2O)C(=O)N1. The smallest absolute Gasteiger partial charge is 0.257 e. The molecule has 16 heteroatoms. The summed E-state index contributed by atoms with van der Waals surface area (Å²) in [5, 5.41) is 32.3. The van der Waals surface area contributed by atoms with Crippen LogP contribution in [0.3, 0.4) is 0 Å². The van der Waals surface area contributed by atoms with Crippen LogP contribution in [-0.4, -0.2) is 79.4 Å². The van der Waals surface area contributed by atoms with Crippen LogP contribution in [0.15, 0.2) is 36.4 Å². The van der Waals surface area contributed by atoms with Gasteiger partial charge in [-0.2, -0.15) is 0 Å². The summed E-state index contributed by atoms with van der Waals surface area (Å²) < 4.78 is 0. The first kappa shape index (κ1) is 33.0. The molecule has 50 heavy (non-hydrogen) atoms. The Bertz CT molecular complexity index is 1740. The first-order valence-electron chi connectivity index (χ1n) is 16.5. The quantitative estimate of drug-likeness (QED) is 0.231. The summed E-state index contributed by atoms with van der Waals surface area (Å²) in [6.45, 7) is 0. The van der Waals surface area contributed by atoms with Gasteiger partial charge in [-0.3, -0.25) is 58.8 Å². The normalized spacial score (nSPS) is 27.8. The molecular formula is C34H34N6O10. The molecule has 260 valence electrons. The van der Waals surface area contributed by atoms with Crippen LogP contribution in [0.5, 0.6) is 0 Å². The molecule has 2 aromatic rings. The van der Waals surface area contributed by atoms with Gasteiger partial charge in [-0.25, -0.2) is 0 Å². The molecule has 2 aromatic carbocycles. The highest BCUT2D eigenvalue weighted by atomic mass is 16.3. The van der Waals surface area contributed by atoms with Crippen molar-refractivity contribution in [3.8, 4) is 0 Å². The number of hydrogen-bond acceptors (Lipinski definition) is 10. The van der Waals surface area contributed by atoms with E-state index in [0.29, 0.717) is 25.7 Å². The van der Waals surface area contributed by atoms with Crippen LogP contribution in [0, 0.1) is 11.8 Å². The van der Waals surface area contributed by atoms with Gasteiger partial charge in [0.2, 0.25) is 35.4 Å². The van der Waals surface area contributed by atoms with E-state index in [1.807, 2.05) is 0 Å². The number of nitrogens with zero attached hydrogens (tertiary/aromatic N) is 2. The van der Waals surface area contributed by atoms with Gasteiger partial charge in [-0.1, -0.05) is 12.1 Å². The average molecular weight is 687 g/mol. The minimum absolute atomic E-state index is 0.0197. The van der Waals surface area contributed by atoms with Gasteiger partial charge in [-0.05, 0) is 62.8 Å². The van der Waals surface area contributed by atoms with Gasteiger partial charge in [0.05, 0.1) is 0 Å². The Kier molecular flexibility index (Phi) is 8.43. The highest BCUT2D eigenvalue weighted by Gasteiger charge is 2.47. The maximum Gasteiger partial charge on any atom is 0.257 e. The number of rotatable bonds is 6. The molecule has 0 spiro atoms. The van der Waals surface area contributed by atoms with Gasteiger partial charge < -0.3 is 20.8 Å². The molecule has 16 nitrogen and oxygen atoms in total. The maximum absolute atomic E-state index is 13.4. The van der Waals surface area contributed by atoms with Gasteiger partial charge in [0.25, 0.3) is 11.8 Å². The van der Waals surface area contributed by atoms with Crippen LogP contribution < -0.4 is 21.3 Å². The van der Waals surface area contributed by atoms with Gasteiger partial charge in [-0.15, -0.1) is 0 Å². The van der Waals surface area contributed by atoms with E-state index in [0.717, 1.165) is 9.80 Å². The second-order valence-corrected chi connectivity index (χ2v) is 13.2. The van der Waals surface area contributed by atoms with Crippen molar-refractivity contribution < 1.29 is 48.6 Å². The molecule has 0 bridgehead atoms. The summed E-state index contributed by atoms with van der Waals surface area (Å²) in [4.78, 5) is 103. The lowest BCUT2D eigenvalue weighted by atomic mass is 9.81. The number of amides is 8. The number of hydrogen-bond donors (Lipinski definition) is 6. The monoisotopic (exact) mass is 686 g/mol. The van der Waals surface area contributed by atoms with Crippen molar-refractivity contribution in [3.05, 3.63) is 58.7 Å². The highest BCUT2D eigenvalue weighted by Crippen LogP contribution is 2.42. The summed E-state index contributed by atoms with van der Waals surface area (Å²) in [6.07, 6.45) is -1.42. The number of piperidine rings is 2. The fraction of sp³-hybridized carbons (Fsp3) is 0.412. The van der Waals surface area contributed by atoms with Gasteiger partial charge >= 0.3 is 0 Å². The van der Waals surface area contributed by atoms with Crippen molar-refractivity contribution in [2.24, 2.45) is 11.8 Å². The third-order valence-corrected chi connectivity index (χ3v) is 10.3. The van der Waals surface area contributed by atoms with Crippen LogP contribution >= 0.6 is 0 Å². The topological polar surface area (TPSA) is 232 Å². The minimum Gasteiger partial charge on any atom is -0.369 e. The van der Waals surface area contributed by atoms with Crippen LogP contribution in [-0.2, 0) is 28.8 Å². The minimum atomic E-state index is -1.51. The van der Waals surface area contributed by atoms with E-state index in [9.17, 15) is 48.6 Å². The summed E-state index contributed by atoms with van der Waals surface area (Å²) in [5.74, 6) is -5.10. The summed E-state index contributed by atoms with van der Waals surface area (Å²) >= 11 is 0. The number of carbonyl (C=O) groups is 8. The van der Waals surface area contributed by atoms with E-state index < -0.39 is 71.8 Å². The molecule has 4 unspecified atom stereocenters. The molecule has 7 rings (SSSR count). The molecule has 6 N–H and O–H groups in total. The standard InChI is InChI=1S/C34H34N6O10/c41-23-13-11-21(29(45)37-23)39-31(47)17-3-1-5-19(25(17)33(39)49)35-27(43)15-7-9-16(10-8-15)28(44)36-20-6-2-4-18-26(20)34(50)40(32(18)48)22-12-14-24(42)38-30(22)46/h1-6,15-16,21-22,33-34,49-50H,7-14H2,(H,35,43)(H,36,44)(H,37,41,45)(H,38,42,46). The number of fused-ring (bicyclic) bond motifs is 2. The first-order chi connectivity index (χ1) is 23.9. The molecule has 3 fully saturated rings. The number of imide groups is 2. The zero-order chi connectivity index (χ0) is 35.4. The van der Waals surface area contributed by atoms with Crippen molar-refractivity contribution in [1.29, 1.82) is 0 Å². The number of carbonyl (C=O) groups excluding carboxylic acids is 8. The molecule has 1 saturated carbocycles. The molecule has 5 aliphatic rings. The van der Waals surface area contributed by atoms with Crippen molar-refractivity contribution in [3.63, 3.8) is 0 Å². The zero-order valence-corrected chi connectivity index (χ0v) is 26.6. The fourth-order valence-corrected chi connectivity index (χ4v) is 7.66. The van der Waals surface area contributed by atoms with Crippen molar-refractivity contribution >= 4 is 58.6 Å². The van der Waals surface area contributed by atoms with Crippen LogP contribution in [0.1, 0.15) is 95.7 Å². The van der Waals surface area contributed by atoms with E-state index in [1.165, 1.54) is 12.1 Å². The molecule has 4 aliphatic heterocycles. The van der Waals surface area contributed by atoms with E-state index in [-0.39, 0.29) is 71.1 Å². The average Bonchev–Trinajstić information content (AvgIpc) is 3.50. The molecule has 0 radical (unpaired) electrons. The molecular weight excluding hydrogens is 652 g/mol. The van der Waals surface area contributed by atoms with Crippen LogP contribution in [0.25, 0.3) is 0 Å². The third-order valence-electron chi connectivity index (χ3n) is 10.3. The van der Waals surface area contributed by atoms with E-state index in [1.54, 1.807) is 24.3 Å². The number of aliphatic hydroxyl groups is 2. The predicted molar refractivity (Wildman–Crippen MR) is 170 cm³/mol. The maximum atomic E-state index is 13.4. The predicted octanol–water partition coefficient (Wildman–Crippen LogP) is 0.574. The number of aliphatic hydroxyl groups excluding tert-OH is 2. The van der Waals surface area contributed by atoms with Crippen LogP contribution in [0.4, 0.5) is 11.4 Å². The van der Waals surface area contributed by atoms with E-state index in [2.05, 4.69) is 21.3 Å². The molecule has 2 saturated heterocycles. The third kappa shape index (κ3) is 5.59. The Morgan fingerprint density at radius 3 is 1.34 bits per heavy atom. The van der Waals surface area contributed by atoms with Gasteiger partial charge in [0, 0.05) is 58.3 Å². The van der Waals surface area contributed by atoms with Crippen molar-refractivity contribution in [2.75, 3.05) is 10.6 Å². The molecule has 4 atom stereocenters. The Morgan fingerprint density at radius 2 is 0.980 bits per heavy atom. The Morgan fingerprint density at radius 1 is 0.600 bits per heavy atom. The molecule has 1 aliphatic carbocycles. The lowest BCUT2D eigenvalue weighted by molar-refractivity contribution is -0.140. The van der Waals surface area contributed by atoms with E-state index in [4.69, 9.17) is 0 Å². The lowest BCUT2D eigenvalue weighted by Gasteiger charge is -2.32. The zero-order valence-electron chi connectivity index (χ0n) is 26.6. The summed E-state index contributed by atoms with van der Waals surface area (Å²) in [6, 6.07) is 7.13. The Balaban J connectivity index is 0.980. The molecule has 4 heterocycles. The van der Waals surface area contributed by atoms with Crippen molar-refractivity contribution in [1.82, 2.24) is 20.4 Å². The Labute approximate surface area is 284 Å². The first-order valence-corrected chi connectivity index (χ1v) is 16.5. The van der Waals surface area contributed by atoms with Gasteiger partial charge in [0.15, 0.2) is 12.5 Å². The second kappa shape index (κ2) is 12.8. The fourth-order valence-electron chi connectivity index (χ4n) is 7.66. The highest BCUT2D eigenvalue weighted by molar-refractivity contribution is 6.08. The summed E-state index contributed by atoms with van der Waals surface area (Å²) in [5.41, 5.74) is 1.05. The van der Waals surface area contributed by atoms with Crippen molar-refractivity contribution in [2.45, 2.75) is 75.9 Å². The summed E-state index contributed by atoms with van der Waals surface area (Å²) in [7, 11) is 0. The van der Waals surface area contributed by atoms with Crippen LogP contribution in [0.2, 0.25) is 0 Å². The number of nitrogens with one attached hydrogen (secondary N) is 4. The number of anilines is 2. The number of benzene rings is 2. The molecule has 8 amide bonds. The van der Waals surface area contributed by atoms with Gasteiger partial charge in [0.1, 0.15) is 12.1 Å². The lowest BCUT2D eigenvalue weighted by Crippen LogP contribution is -2.53.